The number of benzene rings is 1. The Morgan fingerprint density at radius 1 is 0.920 bits per heavy atom. The second kappa shape index (κ2) is 5.40. The van der Waals surface area contributed by atoms with Crippen LogP contribution in [0, 0.1) is 5.92 Å². The third-order valence-electron chi connectivity index (χ3n) is 4.84. The van der Waals surface area contributed by atoms with Gasteiger partial charge in [-0.3, -0.25) is 14.6 Å². The molecule has 8 heteroatoms. The van der Waals surface area contributed by atoms with Crippen molar-refractivity contribution in [1.29, 1.82) is 0 Å². The Labute approximate surface area is 141 Å². The monoisotopic (exact) mass is 339 g/mol. The van der Waals surface area contributed by atoms with Crippen LogP contribution in [0.4, 0.5) is 0 Å². The number of carbonyl (C=O) groups is 2. The molecule has 2 atom stereocenters. The third kappa shape index (κ3) is 2.18. The molecular weight excluding hydrogens is 326 g/mol. The van der Waals surface area contributed by atoms with Crippen LogP contribution in [-0.4, -0.2) is 54.0 Å². The fourth-order valence-electron chi connectivity index (χ4n) is 3.80. The highest BCUT2D eigenvalue weighted by Crippen LogP contribution is 2.42. The summed E-state index contributed by atoms with van der Waals surface area (Å²) in [6, 6.07) is 5.45. The van der Waals surface area contributed by atoms with Crippen molar-refractivity contribution in [3.8, 4) is 0 Å². The highest BCUT2D eigenvalue weighted by Gasteiger charge is 2.45. The van der Waals surface area contributed by atoms with E-state index < -0.39 is 11.8 Å². The number of aliphatic imine (C=N–C) groups is 1. The molecule has 0 N–H and O–H groups in total. The lowest BCUT2D eigenvalue weighted by Crippen LogP contribution is -2.45. The molecule has 25 heavy (non-hydrogen) atoms. The van der Waals surface area contributed by atoms with E-state index in [1.165, 1.54) is 0 Å². The molecule has 0 aliphatic carbocycles. The molecule has 1 saturated heterocycles. The Kier molecular flexibility index (Phi) is 3.16. The van der Waals surface area contributed by atoms with Crippen molar-refractivity contribution < 1.29 is 23.7 Å². The van der Waals surface area contributed by atoms with Gasteiger partial charge in [-0.1, -0.05) is 6.07 Å². The van der Waals surface area contributed by atoms with Crippen LogP contribution in [0.5, 0.6) is 0 Å². The molecule has 2 aromatic rings. The maximum atomic E-state index is 12.6. The van der Waals surface area contributed by atoms with Gasteiger partial charge < -0.3 is 9.47 Å². The van der Waals surface area contributed by atoms with Gasteiger partial charge in [0.1, 0.15) is 24.2 Å². The summed E-state index contributed by atoms with van der Waals surface area (Å²) in [4.78, 5) is 29.7. The molecule has 126 valence electrons. The maximum Gasteiger partial charge on any atom is 0.187 e. The quantitative estimate of drug-likeness (QED) is 0.758. The summed E-state index contributed by atoms with van der Waals surface area (Å²) < 4.78 is 15.4. The van der Waals surface area contributed by atoms with Crippen molar-refractivity contribution in [1.82, 2.24) is 10.3 Å². The van der Waals surface area contributed by atoms with Gasteiger partial charge in [-0.2, -0.15) is 0 Å². The molecule has 1 aromatic heterocycles. The van der Waals surface area contributed by atoms with Gasteiger partial charge in [0.05, 0.1) is 30.5 Å². The zero-order chi connectivity index (χ0) is 17.0. The third-order valence-corrected chi connectivity index (χ3v) is 4.84. The number of hydrogen-bond acceptors (Lipinski definition) is 8. The van der Waals surface area contributed by atoms with Crippen molar-refractivity contribution in [2.45, 2.75) is 5.92 Å². The van der Waals surface area contributed by atoms with E-state index in [0.29, 0.717) is 28.0 Å². The van der Waals surface area contributed by atoms with Crippen LogP contribution in [0.3, 0.4) is 0 Å². The van der Waals surface area contributed by atoms with E-state index >= 15 is 0 Å². The molecule has 3 aliphatic heterocycles. The van der Waals surface area contributed by atoms with Crippen LogP contribution >= 0.6 is 0 Å². The minimum absolute atomic E-state index is 0.00531. The van der Waals surface area contributed by atoms with Crippen LogP contribution in [0.25, 0.3) is 11.0 Å². The Balaban J connectivity index is 1.72. The van der Waals surface area contributed by atoms with Crippen LogP contribution in [0.1, 0.15) is 11.5 Å². The molecule has 0 saturated carbocycles. The van der Waals surface area contributed by atoms with Crippen LogP contribution in [0.15, 0.2) is 39.1 Å². The average Bonchev–Trinajstić information content (AvgIpc) is 3.08. The van der Waals surface area contributed by atoms with Crippen molar-refractivity contribution >= 4 is 28.3 Å². The van der Waals surface area contributed by atoms with Crippen molar-refractivity contribution in [2.75, 3.05) is 26.4 Å². The second-order valence-electron chi connectivity index (χ2n) is 6.31. The van der Waals surface area contributed by atoms with Gasteiger partial charge in [0.15, 0.2) is 11.6 Å². The summed E-state index contributed by atoms with van der Waals surface area (Å²) in [5.41, 5.74) is 3.83. The first-order chi connectivity index (χ1) is 12.2. The zero-order valence-corrected chi connectivity index (χ0v) is 13.1. The van der Waals surface area contributed by atoms with E-state index in [-0.39, 0.29) is 38.0 Å². The van der Waals surface area contributed by atoms with E-state index in [1.807, 2.05) is 12.1 Å². The van der Waals surface area contributed by atoms with Gasteiger partial charge in [-0.15, -0.1) is 0 Å². The smallest absolute Gasteiger partial charge is 0.187 e. The average molecular weight is 339 g/mol. The number of rotatable bonds is 1. The van der Waals surface area contributed by atoms with Gasteiger partial charge in [-0.25, -0.2) is 4.63 Å². The summed E-state index contributed by atoms with van der Waals surface area (Å²) in [7, 11) is 0. The van der Waals surface area contributed by atoms with Crippen LogP contribution in [0.2, 0.25) is 0 Å². The molecule has 0 amide bonds. The van der Waals surface area contributed by atoms with Crippen molar-refractivity contribution in [2.24, 2.45) is 10.9 Å². The summed E-state index contributed by atoms with van der Waals surface area (Å²) in [6.45, 7) is 0.577. The molecule has 4 heterocycles. The Bertz CT molecular complexity index is 974. The number of hydrogen-bond donors (Lipinski definition) is 0. The molecule has 0 bridgehead atoms. The predicted molar refractivity (Wildman–Crippen MR) is 84.1 cm³/mol. The molecule has 3 aliphatic rings. The van der Waals surface area contributed by atoms with E-state index in [0.717, 1.165) is 5.56 Å². The first-order valence-corrected chi connectivity index (χ1v) is 7.96. The summed E-state index contributed by atoms with van der Waals surface area (Å²) >= 11 is 0. The topological polar surface area (TPSA) is 104 Å². The molecule has 1 fully saturated rings. The zero-order valence-electron chi connectivity index (χ0n) is 13.1. The lowest BCUT2D eigenvalue weighted by Gasteiger charge is -2.37. The Morgan fingerprint density at radius 2 is 1.76 bits per heavy atom. The lowest BCUT2D eigenvalue weighted by molar-refractivity contribution is -0.127. The molecule has 8 nitrogen and oxygen atoms in total. The largest absolute Gasteiger partial charge is 0.368 e. The standard InChI is InChI=1S/C17H13N3O5/c21-13-6-23-4-11-16(13)15(17-12(18-11)5-24-7-14(17)22)8-1-2-9-10(3-8)20-25-19-9/h1-3,15-16H,4-7H2. The predicted octanol–water partition coefficient (Wildman–Crippen LogP) is 0.830. The number of ketones is 2. The molecular formula is C17H13N3O5. The fraction of sp³-hybridized carbons (Fsp3) is 0.353. The Morgan fingerprint density at radius 3 is 2.68 bits per heavy atom. The maximum absolute atomic E-state index is 12.6. The Hall–Kier alpha value is -2.71. The number of ether oxygens (including phenoxy) is 2. The van der Waals surface area contributed by atoms with Gasteiger partial charge in [0.25, 0.3) is 0 Å². The summed E-state index contributed by atoms with van der Waals surface area (Å²) in [5.74, 6) is -1.10. The number of carbonyl (C=O) groups excluding carboxylic acids is 2. The van der Waals surface area contributed by atoms with E-state index in [4.69, 9.17) is 14.1 Å². The van der Waals surface area contributed by atoms with Crippen molar-refractivity contribution in [3.63, 3.8) is 0 Å². The minimum Gasteiger partial charge on any atom is -0.368 e. The van der Waals surface area contributed by atoms with Gasteiger partial charge >= 0.3 is 0 Å². The molecule has 2 unspecified atom stereocenters. The first kappa shape index (κ1) is 14.6. The SMILES string of the molecule is O=C1COCC2=C1C(c1ccc3nonc3c1)C1C(=O)COCC1=N2. The normalized spacial score (nSPS) is 26.5. The van der Waals surface area contributed by atoms with E-state index in [1.54, 1.807) is 6.07 Å². The van der Waals surface area contributed by atoms with Crippen molar-refractivity contribution in [3.05, 3.63) is 35.0 Å². The lowest BCUT2D eigenvalue weighted by atomic mass is 9.71. The summed E-state index contributed by atoms with van der Waals surface area (Å²) in [6.07, 6.45) is 0. The highest BCUT2D eigenvalue weighted by atomic mass is 16.6. The number of fused-ring (bicyclic) bond motifs is 2. The fourth-order valence-corrected chi connectivity index (χ4v) is 3.80. The summed E-state index contributed by atoms with van der Waals surface area (Å²) in [5, 5.41) is 7.67. The second-order valence-corrected chi connectivity index (χ2v) is 6.31. The highest BCUT2D eigenvalue weighted by molar-refractivity contribution is 6.13. The van der Waals surface area contributed by atoms with E-state index in [9.17, 15) is 9.59 Å². The van der Waals surface area contributed by atoms with Gasteiger partial charge in [0.2, 0.25) is 0 Å². The molecule has 5 rings (SSSR count). The minimum atomic E-state index is -0.494. The molecule has 0 radical (unpaired) electrons. The van der Waals surface area contributed by atoms with Crippen LogP contribution < -0.4 is 0 Å². The number of aromatic nitrogens is 2. The van der Waals surface area contributed by atoms with Crippen LogP contribution in [-0.2, 0) is 19.1 Å². The van der Waals surface area contributed by atoms with Gasteiger partial charge in [0, 0.05) is 11.5 Å². The molecule has 0 spiro atoms. The first-order valence-electron chi connectivity index (χ1n) is 7.96. The van der Waals surface area contributed by atoms with E-state index in [2.05, 4.69) is 15.3 Å². The molecule has 1 aromatic carbocycles. The van der Waals surface area contributed by atoms with Gasteiger partial charge in [-0.05, 0) is 28.0 Å². The number of Topliss-reactive ketones (excluding diaryl/α,β-unsaturated/α-hetero) is 2. The number of nitrogens with zero attached hydrogens (tertiary/aromatic N) is 3.